The van der Waals surface area contributed by atoms with E-state index in [2.05, 4.69) is 23.7 Å². The molecule has 2 heterocycles. The van der Waals surface area contributed by atoms with E-state index >= 15 is 0 Å². The Morgan fingerprint density at radius 3 is 2.41 bits per heavy atom. The van der Waals surface area contributed by atoms with E-state index in [1.165, 1.54) is 4.90 Å². The fourth-order valence-electron chi connectivity index (χ4n) is 4.58. The number of benzene rings is 2. The van der Waals surface area contributed by atoms with E-state index < -0.39 is 17.7 Å². The topological polar surface area (TPSA) is 83.0 Å². The van der Waals surface area contributed by atoms with Crippen molar-refractivity contribution in [3.8, 4) is 5.75 Å². The first kappa shape index (κ1) is 26.2. The number of halogens is 1. The number of nitrogens with zero attached hydrogens (tertiary/aromatic N) is 3. The molecule has 1 aromatic heterocycles. The number of carbonyl (C=O) groups excluding carboxylic acids is 2. The largest absolute Gasteiger partial charge is 0.507 e. The third-order valence-corrected chi connectivity index (χ3v) is 6.75. The predicted octanol–water partition coefficient (Wildman–Crippen LogP) is 5.60. The van der Waals surface area contributed by atoms with Gasteiger partial charge in [0.25, 0.3) is 11.7 Å². The lowest BCUT2D eigenvalue weighted by Crippen LogP contribution is -2.29. The molecule has 2 aromatic carbocycles. The number of aromatic nitrogens is 1. The standard InChI is InChI=1S/C29H30ClN3O4/c1-4-32(5-2)22-13-10-19(11-14-22)26-25(27(34)20-12-15-23(30)24(17-20)37-6-3)28(35)29(36)33(26)18-21-9-7-8-16-31-21/h7-17,26,34H,4-6,18H2,1-3H3/b27-25-. The maximum atomic E-state index is 13.4. The number of aliphatic hydroxyl groups excluding tert-OH is 1. The average Bonchev–Trinajstić information content (AvgIpc) is 3.16. The summed E-state index contributed by atoms with van der Waals surface area (Å²) in [6, 6.07) is 17.1. The van der Waals surface area contributed by atoms with Gasteiger partial charge in [-0.05, 0) is 68.8 Å². The minimum atomic E-state index is -0.793. The van der Waals surface area contributed by atoms with Crippen LogP contribution in [0.5, 0.6) is 5.75 Å². The molecular weight excluding hydrogens is 490 g/mol. The van der Waals surface area contributed by atoms with Crippen LogP contribution >= 0.6 is 11.6 Å². The second kappa shape index (κ2) is 11.5. The maximum absolute atomic E-state index is 13.4. The summed E-state index contributed by atoms with van der Waals surface area (Å²) >= 11 is 6.23. The molecular formula is C29H30ClN3O4. The summed E-state index contributed by atoms with van der Waals surface area (Å²) in [5.41, 5.74) is 2.75. The van der Waals surface area contributed by atoms with E-state index in [1.807, 2.05) is 37.3 Å². The van der Waals surface area contributed by atoms with Crippen molar-refractivity contribution in [2.75, 3.05) is 24.6 Å². The monoisotopic (exact) mass is 519 g/mol. The Labute approximate surface area is 222 Å². The normalized spacial score (nSPS) is 16.8. The molecule has 1 amide bonds. The SMILES string of the molecule is CCOc1cc(/C(O)=C2/C(=O)C(=O)N(Cc3ccccn3)C2c2ccc(N(CC)CC)cc2)ccc1Cl. The van der Waals surface area contributed by atoms with E-state index in [4.69, 9.17) is 16.3 Å². The van der Waals surface area contributed by atoms with Crippen molar-refractivity contribution in [2.45, 2.75) is 33.4 Å². The van der Waals surface area contributed by atoms with Crippen molar-refractivity contribution in [3.63, 3.8) is 0 Å². The van der Waals surface area contributed by atoms with Gasteiger partial charge in [0.2, 0.25) is 0 Å². The van der Waals surface area contributed by atoms with Gasteiger partial charge in [-0.25, -0.2) is 0 Å². The molecule has 1 unspecified atom stereocenters. The number of carbonyl (C=O) groups is 2. The fraction of sp³-hybridized carbons (Fsp3) is 0.276. The van der Waals surface area contributed by atoms with Crippen LogP contribution in [-0.4, -0.2) is 46.4 Å². The van der Waals surface area contributed by atoms with Crippen LogP contribution in [-0.2, 0) is 16.1 Å². The Hall–Kier alpha value is -3.84. The van der Waals surface area contributed by atoms with E-state index in [0.717, 1.165) is 18.8 Å². The summed E-state index contributed by atoms with van der Waals surface area (Å²) < 4.78 is 5.57. The third kappa shape index (κ3) is 5.32. The van der Waals surface area contributed by atoms with Gasteiger partial charge in [-0.1, -0.05) is 29.8 Å². The van der Waals surface area contributed by atoms with Crippen molar-refractivity contribution < 1.29 is 19.4 Å². The first-order valence-corrected chi connectivity index (χ1v) is 12.7. The van der Waals surface area contributed by atoms with E-state index in [9.17, 15) is 14.7 Å². The number of anilines is 1. The predicted molar refractivity (Wildman–Crippen MR) is 145 cm³/mol. The van der Waals surface area contributed by atoms with Gasteiger partial charge in [0.1, 0.15) is 11.5 Å². The lowest BCUT2D eigenvalue weighted by Gasteiger charge is -2.26. The van der Waals surface area contributed by atoms with Crippen LogP contribution in [0.25, 0.3) is 5.76 Å². The van der Waals surface area contributed by atoms with Crippen LogP contribution in [0, 0.1) is 0 Å². The maximum Gasteiger partial charge on any atom is 0.296 e. The van der Waals surface area contributed by atoms with Crippen LogP contribution in [0.1, 0.15) is 43.6 Å². The highest BCUT2D eigenvalue weighted by Gasteiger charge is 2.46. The van der Waals surface area contributed by atoms with Gasteiger partial charge in [0, 0.05) is 30.5 Å². The van der Waals surface area contributed by atoms with Crippen LogP contribution in [0.4, 0.5) is 5.69 Å². The summed E-state index contributed by atoms with van der Waals surface area (Å²) in [6.45, 7) is 8.21. The summed E-state index contributed by atoms with van der Waals surface area (Å²) in [5, 5.41) is 11.8. The van der Waals surface area contributed by atoms with Gasteiger partial charge < -0.3 is 19.6 Å². The van der Waals surface area contributed by atoms with Gasteiger partial charge >= 0.3 is 0 Å². The number of likely N-dealkylation sites (tertiary alicyclic amines) is 1. The first-order valence-electron chi connectivity index (χ1n) is 12.3. The number of hydrogen-bond acceptors (Lipinski definition) is 6. The van der Waals surface area contributed by atoms with E-state index in [1.54, 1.807) is 36.5 Å². The van der Waals surface area contributed by atoms with E-state index in [0.29, 0.717) is 34.2 Å². The number of hydrogen-bond donors (Lipinski definition) is 1. The molecule has 0 saturated carbocycles. The molecule has 0 radical (unpaired) electrons. The summed E-state index contributed by atoms with van der Waals surface area (Å²) in [5.74, 6) is -1.34. The number of ether oxygens (including phenoxy) is 1. The lowest BCUT2D eigenvalue weighted by atomic mass is 9.95. The van der Waals surface area contributed by atoms with Crippen molar-refractivity contribution in [1.29, 1.82) is 0 Å². The Kier molecular flexibility index (Phi) is 8.14. The smallest absolute Gasteiger partial charge is 0.296 e. The highest BCUT2D eigenvalue weighted by molar-refractivity contribution is 6.46. The summed E-state index contributed by atoms with van der Waals surface area (Å²) in [6.07, 6.45) is 1.64. The molecule has 4 rings (SSSR count). The molecule has 1 atom stereocenters. The molecule has 0 bridgehead atoms. The van der Waals surface area contributed by atoms with Gasteiger partial charge in [0.05, 0.1) is 35.5 Å². The quantitative estimate of drug-likeness (QED) is 0.225. The highest BCUT2D eigenvalue weighted by atomic mass is 35.5. The average molecular weight is 520 g/mol. The molecule has 1 N–H and O–H groups in total. The minimum Gasteiger partial charge on any atom is -0.507 e. The van der Waals surface area contributed by atoms with Crippen LogP contribution in [0.3, 0.4) is 0 Å². The molecule has 1 aliphatic rings. The van der Waals surface area contributed by atoms with Gasteiger partial charge in [-0.2, -0.15) is 0 Å². The van der Waals surface area contributed by atoms with Crippen molar-refractivity contribution in [2.24, 2.45) is 0 Å². The molecule has 0 spiro atoms. The molecule has 1 aliphatic heterocycles. The number of Topliss-reactive ketones (excluding diaryl/α,β-unsaturated/α-hetero) is 1. The molecule has 1 fully saturated rings. The fourth-order valence-corrected chi connectivity index (χ4v) is 4.76. The van der Waals surface area contributed by atoms with Crippen LogP contribution < -0.4 is 9.64 Å². The molecule has 0 aliphatic carbocycles. The number of ketones is 1. The van der Waals surface area contributed by atoms with Crippen molar-refractivity contribution >= 4 is 34.7 Å². The highest BCUT2D eigenvalue weighted by Crippen LogP contribution is 2.41. The Morgan fingerprint density at radius 1 is 1.05 bits per heavy atom. The second-order valence-electron chi connectivity index (χ2n) is 8.59. The molecule has 3 aromatic rings. The van der Waals surface area contributed by atoms with Crippen LogP contribution in [0.15, 0.2) is 72.4 Å². The number of pyridine rings is 1. The van der Waals surface area contributed by atoms with Crippen molar-refractivity contribution in [3.05, 3.63) is 94.3 Å². The van der Waals surface area contributed by atoms with Gasteiger partial charge in [-0.15, -0.1) is 0 Å². The number of amides is 1. The zero-order chi connectivity index (χ0) is 26.5. The molecule has 1 saturated heterocycles. The van der Waals surface area contributed by atoms with Gasteiger partial charge in [0.15, 0.2) is 0 Å². The van der Waals surface area contributed by atoms with E-state index in [-0.39, 0.29) is 17.9 Å². The Morgan fingerprint density at radius 2 is 1.78 bits per heavy atom. The second-order valence-corrected chi connectivity index (χ2v) is 9.00. The Balaban J connectivity index is 1.84. The zero-order valence-corrected chi connectivity index (χ0v) is 21.9. The Bertz CT molecular complexity index is 1300. The first-order chi connectivity index (χ1) is 17.9. The van der Waals surface area contributed by atoms with Crippen molar-refractivity contribution in [1.82, 2.24) is 9.88 Å². The molecule has 8 heteroatoms. The number of rotatable bonds is 9. The summed E-state index contributed by atoms with van der Waals surface area (Å²) in [4.78, 5) is 34.6. The molecule has 192 valence electrons. The van der Waals surface area contributed by atoms with Gasteiger partial charge in [-0.3, -0.25) is 14.6 Å². The summed E-state index contributed by atoms with van der Waals surface area (Å²) in [7, 11) is 0. The lowest BCUT2D eigenvalue weighted by molar-refractivity contribution is -0.140. The zero-order valence-electron chi connectivity index (χ0n) is 21.1. The molecule has 37 heavy (non-hydrogen) atoms. The van der Waals surface area contributed by atoms with Crippen LogP contribution in [0.2, 0.25) is 5.02 Å². The molecule has 7 nitrogen and oxygen atoms in total. The third-order valence-electron chi connectivity index (χ3n) is 6.44. The number of aliphatic hydroxyl groups is 1. The minimum absolute atomic E-state index is 0.0151.